The van der Waals surface area contributed by atoms with Crippen LogP contribution in [-0.4, -0.2) is 84.4 Å². The number of amides is 2. The molecule has 1 aliphatic heterocycles. The summed E-state index contributed by atoms with van der Waals surface area (Å²) in [7, 11) is 1.74. The molecule has 0 saturated carbocycles. The lowest BCUT2D eigenvalue weighted by Crippen LogP contribution is -2.51. The van der Waals surface area contributed by atoms with Gasteiger partial charge in [0.25, 0.3) is 0 Å². The first-order valence-corrected chi connectivity index (χ1v) is 8.52. The molecule has 0 aromatic rings. The fourth-order valence-corrected chi connectivity index (χ4v) is 2.20. The smallest absolute Gasteiger partial charge is 0.410 e. The fourth-order valence-electron chi connectivity index (χ4n) is 2.20. The topological polar surface area (TPSA) is 62.3 Å². The average Bonchev–Trinajstić information content (AvgIpc) is 2.41. The monoisotopic (exact) mass is 343 g/mol. The molecule has 7 heteroatoms. The van der Waals surface area contributed by atoms with E-state index in [-0.39, 0.29) is 12.2 Å². The zero-order valence-electron chi connectivity index (χ0n) is 16.2. The van der Waals surface area contributed by atoms with Gasteiger partial charge in [-0.25, -0.2) is 9.59 Å². The van der Waals surface area contributed by atoms with Crippen LogP contribution in [0.5, 0.6) is 0 Å². The van der Waals surface area contributed by atoms with Crippen molar-refractivity contribution in [2.75, 3.05) is 46.3 Å². The van der Waals surface area contributed by atoms with Crippen LogP contribution in [0.3, 0.4) is 0 Å². The van der Waals surface area contributed by atoms with E-state index >= 15 is 0 Å². The Kier molecular flexibility index (Phi) is 6.89. The molecule has 0 unspecified atom stereocenters. The number of piperazine rings is 1. The van der Waals surface area contributed by atoms with Crippen molar-refractivity contribution in [2.45, 2.75) is 52.7 Å². The van der Waals surface area contributed by atoms with Gasteiger partial charge in [-0.05, 0) is 41.5 Å². The summed E-state index contributed by atoms with van der Waals surface area (Å²) >= 11 is 0. The standard InChI is InChI=1S/C17H33N3O4/c1-16(2,3)23-14(21)18(7)8-9-19-10-12-20(13-11-19)15(22)24-17(4,5)6/h8-13H2,1-7H3. The summed E-state index contributed by atoms with van der Waals surface area (Å²) in [4.78, 5) is 29.5. The van der Waals surface area contributed by atoms with Gasteiger partial charge in [-0.1, -0.05) is 0 Å². The molecule has 2 amide bonds. The minimum Gasteiger partial charge on any atom is -0.444 e. The highest BCUT2D eigenvalue weighted by Crippen LogP contribution is 2.12. The average molecular weight is 343 g/mol. The maximum Gasteiger partial charge on any atom is 0.410 e. The van der Waals surface area contributed by atoms with Gasteiger partial charge in [0.2, 0.25) is 0 Å². The van der Waals surface area contributed by atoms with Gasteiger partial charge in [-0.3, -0.25) is 4.90 Å². The van der Waals surface area contributed by atoms with E-state index < -0.39 is 11.2 Å². The number of hydrogen-bond acceptors (Lipinski definition) is 5. The molecule has 1 rings (SSSR count). The van der Waals surface area contributed by atoms with E-state index in [1.54, 1.807) is 16.8 Å². The third-order valence-electron chi connectivity index (χ3n) is 3.48. The molecule has 1 fully saturated rings. The molecule has 0 atom stereocenters. The van der Waals surface area contributed by atoms with E-state index in [4.69, 9.17) is 9.47 Å². The zero-order chi connectivity index (χ0) is 18.5. The van der Waals surface area contributed by atoms with Crippen LogP contribution >= 0.6 is 0 Å². The van der Waals surface area contributed by atoms with Gasteiger partial charge in [0.15, 0.2) is 0 Å². The molecule has 0 N–H and O–H groups in total. The van der Waals surface area contributed by atoms with Crippen molar-refractivity contribution >= 4 is 12.2 Å². The number of likely N-dealkylation sites (N-methyl/N-ethyl adjacent to an activating group) is 1. The third kappa shape index (κ3) is 7.86. The van der Waals surface area contributed by atoms with Crippen LogP contribution in [0.2, 0.25) is 0 Å². The van der Waals surface area contributed by atoms with Crippen LogP contribution in [-0.2, 0) is 9.47 Å². The highest BCUT2D eigenvalue weighted by atomic mass is 16.6. The van der Waals surface area contributed by atoms with Crippen LogP contribution in [0.4, 0.5) is 9.59 Å². The summed E-state index contributed by atoms with van der Waals surface area (Å²) in [5.41, 5.74) is -0.950. The maximum absolute atomic E-state index is 12.0. The van der Waals surface area contributed by atoms with Gasteiger partial charge in [0.05, 0.1) is 0 Å². The summed E-state index contributed by atoms with van der Waals surface area (Å²) in [5, 5.41) is 0. The molecule has 0 aliphatic carbocycles. The van der Waals surface area contributed by atoms with Crippen molar-refractivity contribution < 1.29 is 19.1 Å². The molecule has 0 aromatic heterocycles. The highest BCUT2D eigenvalue weighted by molar-refractivity contribution is 5.68. The Morgan fingerprint density at radius 1 is 0.917 bits per heavy atom. The normalized spacial score (nSPS) is 16.7. The van der Waals surface area contributed by atoms with Crippen molar-refractivity contribution in [2.24, 2.45) is 0 Å². The first-order valence-electron chi connectivity index (χ1n) is 8.52. The van der Waals surface area contributed by atoms with Crippen molar-refractivity contribution in [3.63, 3.8) is 0 Å². The van der Waals surface area contributed by atoms with E-state index in [0.717, 1.165) is 19.6 Å². The second-order valence-electron chi connectivity index (χ2n) is 8.21. The Labute approximate surface area is 145 Å². The lowest BCUT2D eigenvalue weighted by molar-refractivity contribution is 0.0128. The molecular formula is C17H33N3O4. The minimum absolute atomic E-state index is 0.256. The third-order valence-corrected chi connectivity index (χ3v) is 3.48. The van der Waals surface area contributed by atoms with E-state index in [1.165, 1.54) is 0 Å². The Bertz CT molecular complexity index is 432. The number of nitrogens with zero attached hydrogens (tertiary/aromatic N) is 3. The minimum atomic E-state index is -0.482. The summed E-state index contributed by atoms with van der Waals surface area (Å²) in [6, 6.07) is 0. The van der Waals surface area contributed by atoms with E-state index in [2.05, 4.69) is 4.90 Å². The van der Waals surface area contributed by atoms with E-state index in [1.807, 2.05) is 41.5 Å². The van der Waals surface area contributed by atoms with Gasteiger partial charge in [0, 0.05) is 46.3 Å². The van der Waals surface area contributed by atoms with Crippen molar-refractivity contribution in [1.82, 2.24) is 14.7 Å². The summed E-state index contributed by atoms with van der Waals surface area (Å²) in [5.74, 6) is 0. The fraction of sp³-hybridized carbons (Fsp3) is 0.882. The second-order valence-corrected chi connectivity index (χ2v) is 8.21. The predicted molar refractivity (Wildman–Crippen MR) is 93.1 cm³/mol. The molecule has 0 aromatic carbocycles. The number of rotatable bonds is 3. The van der Waals surface area contributed by atoms with Crippen molar-refractivity contribution in [3.8, 4) is 0 Å². The summed E-state index contributed by atoms with van der Waals surface area (Å²) in [6.45, 7) is 15.4. The van der Waals surface area contributed by atoms with Crippen LogP contribution in [0.25, 0.3) is 0 Å². The molecule has 0 radical (unpaired) electrons. The molecule has 0 bridgehead atoms. The number of carbonyl (C=O) groups is 2. The molecule has 7 nitrogen and oxygen atoms in total. The number of carbonyl (C=O) groups excluding carboxylic acids is 2. The predicted octanol–water partition coefficient (Wildman–Crippen LogP) is 2.41. The second kappa shape index (κ2) is 8.05. The number of ether oxygens (including phenoxy) is 2. The van der Waals surface area contributed by atoms with Crippen LogP contribution in [0, 0.1) is 0 Å². The van der Waals surface area contributed by atoms with Crippen LogP contribution in [0.1, 0.15) is 41.5 Å². The number of hydrogen-bond donors (Lipinski definition) is 0. The SMILES string of the molecule is CN(CCN1CCN(C(=O)OC(C)(C)C)CC1)C(=O)OC(C)(C)C. The molecule has 1 aliphatic rings. The summed E-state index contributed by atoms with van der Waals surface area (Å²) in [6.07, 6.45) is -0.567. The van der Waals surface area contributed by atoms with Crippen LogP contribution in [0.15, 0.2) is 0 Å². The van der Waals surface area contributed by atoms with E-state index in [9.17, 15) is 9.59 Å². The van der Waals surface area contributed by atoms with Crippen molar-refractivity contribution in [3.05, 3.63) is 0 Å². The Balaban J connectivity index is 2.31. The van der Waals surface area contributed by atoms with Gasteiger partial charge in [-0.2, -0.15) is 0 Å². The van der Waals surface area contributed by atoms with Crippen molar-refractivity contribution in [1.29, 1.82) is 0 Å². The Morgan fingerprint density at radius 2 is 1.42 bits per heavy atom. The lowest BCUT2D eigenvalue weighted by Gasteiger charge is -2.36. The van der Waals surface area contributed by atoms with Gasteiger partial charge >= 0.3 is 12.2 Å². The maximum atomic E-state index is 12.0. The molecule has 1 heterocycles. The summed E-state index contributed by atoms with van der Waals surface area (Å²) < 4.78 is 10.7. The molecule has 24 heavy (non-hydrogen) atoms. The Hall–Kier alpha value is -1.50. The molecule has 0 spiro atoms. The van der Waals surface area contributed by atoms with Gasteiger partial charge in [-0.15, -0.1) is 0 Å². The lowest BCUT2D eigenvalue weighted by atomic mass is 10.2. The van der Waals surface area contributed by atoms with Gasteiger partial charge < -0.3 is 19.3 Å². The zero-order valence-corrected chi connectivity index (χ0v) is 16.2. The van der Waals surface area contributed by atoms with E-state index in [0.29, 0.717) is 19.6 Å². The van der Waals surface area contributed by atoms with Crippen LogP contribution < -0.4 is 0 Å². The quantitative estimate of drug-likeness (QED) is 0.787. The Morgan fingerprint density at radius 3 is 1.88 bits per heavy atom. The first-order chi connectivity index (χ1) is 10.9. The molecule has 140 valence electrons. The first kappa shape index (κ1) is 20.5. The highest BCUT2D eigenvalue weighted by Gasteiger charge is 2.26. The molecule has 1 saturated heterocycles. The molecular weight excluding hydrogens is 310 g/mol. The van der Waals surface area contributed by atoms with Gasteiger partial charge in [0.1, 0.15) is 11.2 Å². The largest absolute Gasteiger partial charge is 0.444 e.